The van der Waals surface area contributed by atoms with Crippen LogP contribution in [0.5, 0.6) is 0 Å². The van der Waals surface area contributed by atoms with E-state index in [0.717, 1.165) is 20.8 Å². The summed E-state index contributed by atoms with van der Waals surface area (Å²) in [6, 6.07) is 0. The minimum atomic E-state index is 0.756. The van der Waals surface area contributed by atoms with Crippen molar-refractivity contribution in [3.05, 3.63) is 3.92 Å². The standard InChI is InChI=1S/C8H12BrN3S2/c9-7-11-12-8(14-7)10-5-6-3-1-2-4-13-6/h6H,1-5H2,(H,10,12). The monoisotopic (exact) mass is 293 g/mol. The first-order chi connectivity index (χ1) is 6.84. The van der Waals surface area contributed by atoms with Crippen LogP contribution in [0.15, 0.2) is 3.92 Å². The summed E-state index contributed by atoms with van der Waals surface area (Å²) in [5.41, 5.74) is 0. The predicted octanol–water partition coefficient (Wildman–Crippen LogP) is 3.00. The fourth-order valence-corrected chi connectivity index (χ4v) is 3.70. The normalized spacial score (nSPS) is 22.2. The Labute approximate surface area is 100 Å². The lowest BCUT2D eigenvalue weighted by atomic mass is 10.2. The third-order valence-corrected chi connectivity index (χ3v) is 4.87. The van der Waals surface area contributed by atoms with Crippen molar-refractivity contribution in [2.24, 2.45) is 0 Å². The Bertz CT molecular complexity index is 286. The molecule has 2 heterocycles. The first-order valence-corrected chi connectivity index (χ1v) is 7.35. The molecule has 0 bridgehead atoms. The lowest BCUT2D eigenvalue weighted by molar-refractivity contribution is 0.677. The van der Waals surface area contributed by atoms with Crippen LogP contribution >= 0.6 is 39.0 Å². The molecule has 1 aromatic rings. The molecule has 1 atom stereocenters. The van der Waals surface area contributed by atoms with E-state index in [1.165, 1.54) is 25.0 Å². The van der Waals surface area contributed by atoms with Crippen LogP contribution in [0.1, 0.15) is 19.3 Å². The molecule has 0 radical (unpaired) electrons. The number of nitrogens with zero attached hydrogens (tertiary/aromatic N) is 2. The molecule has 0 aliphatic carbocycles. The molecule has 78 valence electrons. The summed E-state index contributed by atoms with van der Waals surface area (Å²) in [7, 11) is 0. The highest BCUT2D eigenvalue weighted by Gasteiger charge is 2.13. The fraction of sp³-hybridized carbons (Fsp3) is 0.750. The van der Waals surface area contributed by atoms with E-state index < -0.39 is 0 Å². The summed E-state index contributed by atoms with van der Waals surface area (Å²) in [5.74, 6) is 1.31. The summed E-state index contributed by atoms with van der Waals surface area (Å²) in [6.45, 7) is 1.02. The van der Waals surface area contributed by atoms with Crippen LogP contribution in [0.25, 0.3) is 0 Å². The van der Waals surface area contributed by atoms with Gasteiger partial charge in [0, 0.05) is 11.8 Å². The quantitative estimate of drug-likeness (QED) is 0.930. The number of hydrogen-bond acceptors (Lipinski definition) is 5. The van der Waals surface area contributed by atoms with Gasteiger partial charge < -0.3 is 5.32 Å². The van der Waals surface area contributed by atoms with Crippen LogP contribution in [0.3, 0.4) is 0 Å². The second-order valence-corrected chi connectivity index (χ2v) is 6.89. The zero-order chi connectivity index (χ0) is 9.80. The van der Waals surface area contributed by atoms with E-state index in [1.807, 2.05) is 0 Å². The Balaban J connectivity index is 1.76. The minimum absolute atomic E-state index is 0.756. The summed E-state index contributed by atoms with van der Waals surface area (Å²) in [6.07, 6.45) is 4.09. The molecule has 1 unspecified atom stereocenters. The molecule has 1 N–H and O–H groups in total. The van der Waals surface area contributed by atoms with Gasteiger partial charge in [-0.05, 0) is 34.5 Å². The Morgan fingerprint density at radius 2 is 2.36 bits per heavy atom. The first kappa shape index (κ1) is 10.7. The molecule has 1 aliphatic heterocycles. The van der Waals surface area contributed by atoms with Crippen LogP contribution in [-0.2, 0) is 0 Å². The second-order valence-electron chi connectivity index (χ2n) is 3.23. The van der Waals surface area contributed by atoms with Crippen LogP contribution in [-0.4, -0.2) is 27.7 Å². The topological polar surface area (TPSA) is 37.8 Å². The number of aromatic nitrogens is 2. The molecule has 14 heavy (non-hydrogen) atoms. The van der Waals surface area contributed by atoms with Gasteiger partial charge in [0.1, 0.15) is 0 Å². The molecule has 0 amide bonds. The molecule has 0 spiro atoms. The highest BCUT2D eigenvalue weighted by atomic mass is 79.9. The second kappa shape index (κ2) is 5.32. The van der Waals surface area contributed by atoms with Gasteiger partial charge in [0.15, 0.2) is 3.92 Å². The van der Waals surface area contributed by atoms with Crippen LogP contribution in [0.2, 0.25) is 0 Å². The molecular formula is C8H12BrN3S2. The van der Waals surface area contributed by atoms with Crippen molar-refractivity contribution < 1.29 is 0 Å². The van der Waals surface area contributed by atoms with Crippen molar-refractivity contribution in [3.8, 4) is 0 Å². The Morgan fingerprint density at radius 3 is 3.00 bits per heavy atom. The van der Waals surface area contributed by atoms with Gasteiger partial charge in [0.25, 0.3) is 0 Å². The molecule has 1 aromatic heterocycles. The fourth-order valence-electron chi connectivity index (χ4n) is 1.45. The molecular weight excluding hydrogens is 282 g/mol. The van der Waals surface area contributed by atoms with E-state index in [4.69, 9.17) is 0 Å². The third kappa shape index (κ3) is 3.10. The molecule has 1 fully saturated rings. The van der Waals surface area contributed by atoms with Gasteiger partial charge in [-0.1, -0.05) is 17.8 Å². The molecule has 2 rings (SSSR count). The van der Waals surface area contributed by atoms with E-state index in [9.17, 15) is 0 Å². The van der Waals surface area contributed by atoms with E-state index in [1.54, 1.807) is 11.3 Å². The van der Waals surface area contributed by atoms with Crippen molar-refractivity contribution in [1.82, 2.24) is 10.2 Å². The van der Waals surface area contributed by atoms with Gasteiger partial charge in [-0.2, -0.15) is 11.8 Å². The number of nitrogens with one attached hydrogen (secondary N) is 1. The average molecular weight is 294 g/mol. The molecule has 1 aliphatic rings. The van der Waals surface area contributed by atoms with Crippen molar-refractivity contribution in [1.29, 1.82) is 0 Å². The largest absolute Gasteiger partial charge is 0.359 e. The maximum Gasteiger partial charge on any atom is 0.206 e. The van der Waals surface area contributed by atoms with E-state index in [-0.39, 0.29) is 0 Å². The lowest BCUT2D eigenvalue weighted by Gasteiger charge is -2.20. The van der Waals surface area contributed by atoms with Gasteiger partial charge in [0.2, 0.25) is 5.13 Å². The molecule has 6 heteroatoms. The van der Waals surface area contributed by atoms with E-state index in [2.05, 4.69) is 43.2 Å². The minimum Gasteiger partial charge on any atom is -0.359 e. The van der Waals surface area contributed by atoms with Gasteiger partial charge in [-0.15, -0.1) is 10.2 Å². The lowest BCUT2D eigenvalue weighted by Crippen LogP contribution is -2.19. The number of rotatable bonds is 3. The summed E-state index contributed by atoms with van der Waals surface area (Å²) in [4.78, 5) is 0. The van der Waals surface area contributed by atoms with Gasteiger partial charge >= 0.3 is 0 Å². The first-order valence-electron chi connectivity index (χ1n) is 4.69. The number of hydrogen-bond donors (Lipinski definition) is 1. The number of anilines is 1. The summed E-state index contributed by atoms with van der Waals surface area (Å²) in [5, 5.41) is 12.9. The van der Waals surface area contributed by atoms with E-state index >= 15 is 0 Å². The molecule has 1 saturated heterocycles. The molecule has 0 aromatic carbocycles. The Morgan fingerprint density at radius 1 is 1.43 bits per heavy atom. The van der Waals surface area contributed by atoms with E-state index in [0.29, 0.717) is 0 Å². The smallest absolute Gasteiger partial charge is 0.206 e. The SMILES string of the molecule is Brc1nnc(NCC2CCCCS2)s1. The number of thioether (sulfide) groups is 1. The zero-order valence-electron chi connectivity index (χ0n) is 7.70. The van der Waals surface area contributed by atoms with Crippen molar-refractivity contribution in [2.45, 2.75) is 24.5 Å². The van der Waals surface area contributed by atoms with Crippen LogP contribution < -0.4 is 5.32 Å². The summed E-state index contributed by atoms with van der Waals surface area (Å²) >= 11 is 6.92. The highest BCUT2D eigenvalue weighted by molar-refractivity contribution is 9.11. The van der Waals surface area contributed by atoms with Crippen molar-refractivity contribution in [3.63, 3.8) is 0 Å². The van der Waals surface area contributed by atoms with Crippen molar-refractivity contribution in [2.75, 3.05) is 17.6 Å². The van der Waals surface area contributed by atoms with Gasteiger partial charge in [0.05, 0.1) is 0 Å². The third-order valence-electron chi connectivity index (χ3n) is 2.16. The maximum atomic E-state index is 4.00. The van der Waals surface area contributed by atoms with Crippen molar-refractivity contribution >= 4 is 44.2 Å². The molecule has 0 saturated carbocycles. The van der Waals surface area contributed by atoms with Crippen LogP contribution in [0, 0.1) is 0 Å². The number of halogens is 1. The maximum absolute atomic E-state index is 4.00. The Kier molecular flexibility index (Phi) is 4.07. The van der Waals surface area contributed by atoms with Gasteiger partial charge in [-0.3, -0.25) is 0 Å². The Hall–Kier alpha value is 0.190. The van der Waals surface area contributed by atoms with Crippen LogP contribution in [0.4, 0.5) is 5.13 Å². The summed E-state index contributed by atoms with van der Waals surface area (Å²) < 4.78 is 0.844. The van der Waals surface area contributed by atoms with Gasteiger partial charge in [-0.25, -0.2) is 0 Å². The zero-order valence-corrected chi connectivity index (χ0v) is 10.9. The molecule has 3 nitrogen and oxygen atoms in total. The average Bonchev–Trinajstić information content (AvgIpc) is 2.63. The highest BCUT2D eigenvalue weighted by Crippen LogP contribution is 2.26. The predicted molar refractivity (Wildman–Crippen MR) is 66.2 cm³/mol.